The van der Waals surface area contributed by atoms with E-state index in [0.717, 1.165) is 17.1 Å². The van der Waals surface area contributed by atoms with Gasteiger partial charge in [0.25, 0.3) is 0 Å². The third-order valence-corrected chi connectivity index (χ3v) is 13.4. The minimum atomic E-state index is 1.11. The van der Waals surface area contributed by atoms with Crippen LogP contribution in [0, 0.1) is 0 Å². The van der Waals surface area contributed by atoms with Crippen LogP contribution in [0.25, 0.3) is 84.9 Å². The lowest BCUT2D eigenvalue weighted by molar-refractivity contribution is 1.30. The molecule has 57 heavy (non-hydrogen) atoms. The molecule has 9 aromatic carbocycles. The van der Waals surface area contributed by atoms with Crippen LogP contribution >= 0.6 is 22.7 Å². The van der Waals surface area contributed by atoms with Crippen LogP contribution in [0.1, 0.15) is 0 Å². The van der Waals surface area contributed by atoms with Gasteiger partial charge in [0.2, 0.25) is 0 Å². The molecule has 0 radical (unpaired) electrons. The summed E-state index contributed by atoms with van der Waals surface area (Å²) in [6.45, 7) is 0. The van der Waals surface area contributed by atoms with Gasteiger partial charge in [-0.25, -0.2) is 0 Å². The summed E-state index contributed by atoms with van der Waals surface area (Å²) in [5.74, 6) is 0. The molecule has 0 saturated heterocycles. The van der Waals surface area contributed by atoms with Crippen LogP contribution < -0.4 is 4.90 Å². The van der Waals surface area contributed by atoms with Crippen LogP contribution in [0.5, 0.6) is 0 Å². The van der Waals surface area contributed by atoms with Gasteiger partial charge in [0.1, 0.15) is 0 Å². The van der Waals surface area contributed by atoms with E-state index >= 15 is 0 Å². The predicted molar refractivity (Wildman–Crippen MR) is 249 cm³/mol. The Morgan fingerprint density at radius 2 is 0.842 bits per heavy atom. The van der Waals surface area contributed by atoms with E-state index in [1.54, 1.807) is 0 Å². The zero-order chi connectivity index (χ0) is 37.7. The lowest BCUT2D eigenvalue weighted by atomic mass is 9.87. The molecule has 0 unspecified atom stereocenters. The summed E-state index contributed by atoms with van der Waals surface area (Å²) >= 11 is 3.74. The smallest absolute Gasteiger partial charge is 0.0555 e. The summed E-state index contributed by atoms with van der Waals surface area (Å²) in [4.78, 5) is 2.53. The number of hydrogen-bond donors (Lipinski definition) is 0. The summed E-state index contributed by atoms with van der Waals surface area (Å²) in [6, 6.07) is 77.7. The molecule has 0 aliphatic rings. The summed E-state index contributed by atoms with van der Waals surface area (Å²) in [7, 11) is 0. The second kappa shape index (κ2) is 14.1. The monoisotopic (exact) mass is 761 g/mol. The fourth-order valence-electron chi connectivity index (χ4n) is 8.58. The van der Waals surface area contributed by atoms with Crippen LogP contribution in [-0.4, -0.2) is 0 Å². The molecule has 1 nitrogen and oxygen atoms in total. The van der Waals surface area contributed by atoms with Gasteiger partial charge < -0.3 is 4.90 Å². The molecule has 2 aromatic heterocycles. The Labute approximate surface area is 340 Å². The molecule has 0 aliphatic carbocycles. The topological polar surface area (TPSA) is 3.24 Å². The van der Waals surface area contributed by atoms with Gasteiger partial charge in [-0.1, -0.05) is 170 Å². The van der Waals surface area contributed by atoms with Crippen LogP contribution in [0.4, 0.5) is 17.1 Å². The van der Waals surface area contributed by atoms with Crippen molar-refractivity contribution in [3.8, 4) is 44.5 Å². The standard InChI is InChI=1S/C54H35NS2/c1-3-17-36(18-4-1)40-23-7-8-25-44(40)52-41(37-19-5-2-6-20-37)27-15-30-47(52)55(48-31-16-34-51-53(48)46-26-10-12-33-50(46)56-51)39-22-13-21-38(35-39)42-28-14-29-45-43-24-9-11-32-49(43)57-54(42)45/h1-35H. The van der Waals surface area contributed by atoms with Gasteiger partial charge in [-0.3, -0.25) is 0 Å². The molecule has 11 aromatic rings. The second-order valence-electron chi connectivity index (χ2n) is 14.4. The first-order valence-corrected chi connectivity index (χ1v) is 21.0. The van der Waals surface area contributed by atoms with Gasteiger partial charge in [0.05, 0.1) is 11.4 Å². The maximum absolute atomic E-state index is 2.53. The van der Waals surface area contributed by atoms with Crippen molar-refractivity contribution in [1.82, 2.24) is 0 Å². The normalized spacial score (nSPS) is 11.5. The van der Waals surface area contributed by atoms with Crippen LogP contribution in [-0.2, 0) is 0 Å². The van der Waals surface area contributed by atoms with Gasteiger partial charge >= 0.3 is 0 Å². The number of benzene rings is 9. The molecule has 3 heteroatoms. The molecule has 2 heterocycles. The summed E-state index contributed by atoms with van der Waals surface area (Å²) in [5.41, 5.74) is 13.0. The zero-order valence-corrected chi connectivity index (χ0v) is 32.6. The fourth-order valence-corrected chi connectivity index (χ4v) is 10.9. The van der Waals surface area contributed by atoms with E-state index in [0.29, 0.717) is 0 Å². The van der Waals surface area contributed by atoms with Crippen molar-refractivity contribution >= 4 is 80.1 Å². The highest BCUT2D eigenvalue weighted by Crippen LogP contribution is 2.51. The minimum absolute atomic E-state index is 1.11. The van der Waals surface area contributed by atoms with Crippen molar-refractivity contribution < 1.29 is 0 Å². The van der Waals surface area contributed by atoms with E-state index < -0.39 is 0 Å². The predicted octanol–water partition coefficient (Wildman–Crippen LogP) is 16.6. The first kappa shape index (κ1) is 33.5. The van der Waals surface area contributed by atoms with Gasteiger partial charge in [0, 0.05) is 51.6 Å². The van der Waals surface area contributed by atoms with E-state index in [-0.39, 0.29) is 0 Å². The number of anilines is 3. The number of rotatable bonds is 7. The quantitative estimate of drug-likeness (QED) is 0.156. The average Bonchev–Trinajstić information content (AvgIpc) is 3.86. The number of fused-ring (bicyclic) bond motifs is 6. The van der Waals surface area contributed by atoms with Crippen LogP contribution in [0.2, 0.25) is 0 Å². The maximum atomic E-state index is 2.53. The third-order valence-electron chi connectivity index (χ3n) is 11.1. The average molecular weight is 762 g/mol. The van der Waals surface area contributed by atoms with Crippen LogP contribution in [0.3, 0.4) is 0 Å². The Bertz CT molecular complexity index is 3250. The largest absolute Gasteiger partial charge is 0.309 e. The Morgan fingerprint density at radius 1 is 0.316 bits per heavy atom. The Balaban J connectivity index is 1.23. The number of hydrogen-bond acceptors (Lipinski definition) is 3. The highest BCUT2D eigenvalue weighted by atomic mass is 32.1. The van der Waals surface area contributed by atoms with E-state index in [1.165, 1.54) is 84.9 Å². The van der Waals surface area contributed by atoms with Crippen molar-refractivity contribution in [2.45, 2.75) is 0 Å². The van der Waals surface area contributed by atoms with Crippen molar-refractivity contribution in [3.05, 3.63) is 212 Å². The fraction of sp³-hybridized carbons (Fsp3) is 0. The van der Waals surface area contributed by atoms with E-state index in [4.69, 9.17) is 0 Å². The second-order valence-corrected chi connectivity index (χ2v) is 16.5. The van der Waals surface area contributed by atoms with Crippen molar-refractivity contribution in [2.24, 2.45) is 0 Å². The van der Waals surface area contributed by atoms with Gasteiger partial charge in [-0.05, 0) is 81.4 Å². The Kier molecular flexibility index (Phi) is 8.28. The lowest BCUT2D eigenvalue weighted by Gasteiger charge is -2.31. The molecule has 0 aliphatic heterocycles. The molecule has 0 saturated carbocycles. The lowest BCUT2D eigenvalue weighted by Crippen LogP contribution is -2.12. The number of nitrogens with zero attached hydrogens (tertiary/aromatic N) is 1. The molecule has 11 rings (SSSR count). The summed E-state index contributed by atoms with van der Waals surface area (Å²) in [5, 5.41) is 5.16. The molecular formula is C54H35NS2. The van der Waals surface area contributed by atoms with Crippen molar-refractivity contribution in [2.75, 3.05) is 4.90 Å². The highest BCUT2D eigenvalue weighted by Gasteiger charge is 2.25. The highest BCUT2D eigenvalue weighted by molar-refractivity contribution is 7.26. The van der Waals surface area contributed by atoms with E-state index in [1.807, 2.05) is 22.7 Å². The molecule has 0 spiro atoms. The SMILES string of the molecule is c1ccc(-c2ccccc2-c2c(-c3ccccc3)cccc2N(c2cccc(-c3cccc4c3sc3ccccc34)c2)c2cccc3sc4ccccc4c23)cc1. The molecule has 0 amide bonds. The zero-order valence-electron chi connectivity index (χ0n) is 31.0. The molecular weight excluding hydrogens is 727 g/mol. The maximum Gasteiger partial charge on any atom is 0.0555 e. The molecule has 0 N–H and O–H groups in total. The molecule has 268 valence electrons. The van der Waals surface area contributed by atoms with Crippen molar-refractivity contribution in [1.29, 1.82) is 0 Å². The molecule has 0 bridgehead atoms. The summed E-state index contributed by atoms with van der Waals surface area (Å²) in [6.07, 6.45) is 0. The van der Waals surface area contributed by atoms with Crippen molar-refractivity contribution in [3.63, 3.8) is 0 Å². The molecule has 0 atom stereocenters. The third kappa shape index (κ3) is 5.74. The summed E-state index contributed by atoms with van der Waals surface area (Å²) < 4.78 is 5.19. The van der Waals surface area contributed by atoms with Gasteiger partial charge in [-0.15, -0.1) is 22.7 Å². The van der Waals surface area contributed by atoms with Crippen LogP contribution in [0.15, 0.2) is 212 Å². The van der Waals surface area contributed by atoms with E-state index in [2.05, 4.69) is 217 Å². The molecule has 0 fully saturated rings. The first-order chi connectivity index (χ1) is 28.3. The Hall–Kier alpha value is -6.78. The van der Waals surface area contributed by atoms with E-state index in [9.17, 15) is 0 Å². The van der Waals surface area contributed by atoms with Gasteiger partial charge in [-0.2, -0.15) is 0 Å². The number of thiophene rings is 2. The first-order valence-electron chi connectivity index (χ1n) is 19.3. The van der Waals surface area contributed by atoms with Gasteiger partial charge in [0.15, 0.2) is 0 Å². The minimum Gasteiger partial charge on any atom is -0.309 e. The Morgan fingerprint density at radius 3 is 1.65 bits per heavy atom.